The van der Waals surface area contributed by atoms with Crippen LogP contribution in [-0.2, 0) is 0 Å². The minimum Gasteiger partial charge on any atom is -0.171 e. The zero-order chi connectivity index (χ0) is 7.23. The maximum Gasteiger partial charge on any atom is 0.0274 e. The summed E-state index contributed by atoms with van der Waals surface area (Å²) in [6.07, 6.45) is 11.0. The van der Waals surface area contributed by atoms with E-state index in [0.717, 1.165) is 0 Å². The van der Waals surface area contributed by atoms with E-state index in [9.17, 15) is 0 Å². The number of thiol groups is 1. The van der Waals surface area contributed by atoms with Gasteiger partial charge in [0.15, 0.2) is 0 Å². The van der Waals surface area contributed by atoms with Crippen molar-refractivity contribution in [2.45, 2.75) is 51.4 Å². The van der Waals surface area contributed by atoms with E-state index >= 15 is 0 Å². The lowest BCUT2D eigenvalue weighted by atomic mass is 10.1. The largest absolute Gasteiger partial charge is 0.171 e. The van der Waals surface area contributed by atoms with Gasteiger partial charge in [-0.15, -0.1) is 0 Å². The Morgan fingerprint density at radius 3 is 1.60 bits per heavy atom. The van der Waals surface area contributed by atoms with Gasteiger partial charge in [-0.25, -0.2) is 0 Å². The molecule has 0 spiro atoms. The maximum absolute atomic E-state index is 4.44. The molecule has 1 heteroatoms. The van der Waals surface area contributed by atoms with Gasteiger partial charge in [-0.05, 0) is 12.8 Å². The number of hydrogen-bond acceptors (Lipinski definition) is 1. The molecule has 0 aromatic rings. The Balaban J connectivity index is 2.15. The lowest BCUT2D eigenvalue weighted by Gasteiger charge is -2.05. The molecule has 0 bridgehead atoms. The van der Waals surface area contributed by atoms with Crippen LogP contribution in [-0.4, -0.2) is 0 Å². The van der Waals surface area contributed by atoms with Gasteiger partial charge in [0.25, 0.3) is 0 Å². The van der Waals surface area contributed by atoms with Crippen LogP contribution in [0.1, 0.15) is 51.4 Å². The van der Waals surface area contributed by atoms with Gasteiger partial charge >= 0.3 is 0 Å². The lowest BCUT2D eigenvalue weighted by Crippen LogP contribution is -1.86. The van der Waals surface area contributed by atoms with Crippen LogP contribution in [0.3, 0.4) is 0 Å². The second-order valence-corrected chi connectivity index (χ2v) is 3.82. The molecule has 0 nitrogen and oxygen atoms in total. The average Bonchev–Trinajstić information content (AvgIpc) is 2.02. The Labute approximate surface area is 69.8 Å². The molecule has 0 unspecified atom stereocenters. The van der Waals surface area contributed by atoms with E-state index in [2.05, 4.69) is 12.6 Å². The fourth-order valence-electron chi connectivity index (χ4n) is 1.49. The van der Waals surface area contributed by atoms with Gasteiger partial charge in [0.05, 0.1) is 0 Å². The molecular formula is C9H17S. The highest BCUT2D eigenvalue weighted by atomic mass is 32.1. The molecular weight excluding hydrogens is 140 g/mol. The summed E-state index contributed by atoms with van der Waals surface area (Å²) in [5, 5.41) is 1.43. The zero-order valence-corrected chi connectivity index (χ0v) is 7.50. The first-order chi connectivity index (χ1) is 4.89. The highest BCUT2D eigenvalue weighted by Gasteiger charge is 2.05. The summed E-state index contributed by atoms with van der Waals surface area (Å²) in [5.74, 6) is 0. The highest BCUT2D eigenvalue weighted by Crippen LogP contribution is 2.25. The number of rotatable bonds is 0. The topological polar surface area (TPSA) is 0 Å². The fraction of sp³-hybridized carbons (Fsp3) is 0.889. The molecule has 1 radical (unpaired) electrons. The van der Waals surface area contributed by atoms with Crippen LogP contribution >= 0.6 is 12.6 Å². The first kappa shape index (κ1) is 8.45. The normalized spacial score (nSPS) is 24.9. The molecule has 0 atom stereocenters. The molecule has 1 saturated carbocycles. The van der Waals surface area contributed by atoms with E-state index in [1.54, 1.807) is 0 Å². The molecule has 0 aromatic carbocycles. The van der Waals surface area contributed by atoms with Crippen molar-refractivity contribution < 1.29 is 0 Å². The second kappa shape index (κ2) is 5.06. The third kappa shape index (κ3) is 3.50. The SMILES string of the molecule is S[C]1CCCCCCCC1. The second-order valence-electron chi connectivity index (χ2n) is 3.19. The summed E-state index contributed by atoms with van der Waals surface area (Å²) in [6, 6.07) is 0. The van der Waals surface area contributed by atoms with Crippen molar-refractivity contribution in [1.29, 1.82) is 0 Å². The van der Waals surface area contributed by atoms with Crippen molar-refractivity contribution >= 4 is 12.6 Å². The Morgan fingerprint density at radius 2 is 1.10 bits per heavy atom. The van der Waals surface area contributed by atoms with E-state index in [1.165, 1.54) is 56.6 Å². The van der Waals surface area contributed by atoms with Crippen molar-refractivity contribution in [1.82, 2.24) is 0 Å². The molecule has 0 amide bonds. The van der Waals surface area contributed by atoms with Gasteiger partial charge in [0.2, 0.25) is 0 Å². The van der Waals surface area contributed by atoms with E-state index < -0.39 is 0 Å². The van der Waals surface area contributed by atoms with E-state index in [-0.39, 0.29) is 0 Å². The lowest BCUT2D eigenvalue weighted by molar-refractivity contribution is 0.624. The van der Waals surface area contributed by atoms with Crippen molar-refractivity contribution in [3.8, 4) is 0 Å². The van der Waals surface area contributed by atoms with Crippen LogP contribution in [0.25, 0.3) is 0 Å². The smallest absolute Gasteiger partial charge is 0.0274 e. The van der Waals surface area contributed by atoms with Gasteiger partial charge in [-0.2, -0.15) is 12.6 Å². The first-order valence-corrected chi connectivity index (χ1v) is 4.88. The van der Waals surface area contributed by atoms with Gasteiger partial charge in [-0.1, -0.05) is 38.5 Å². The van der Waals surface area contributed by atoms with E-state index in [4.69, 9.17) is 0 Å². The van der Waals surface area contributed by atoms with E-state index in [1.807, 2.05) is 0 Å². The molecule has 59 valence electrons. The minimum absolute atomic E-state index is 1.27. The molecule has 0 heterocycles. The zero-order valence-electron chi connectivity index (χ0n) is 6.60. The average molecular weight is 157 g/mol. The van der Waals surface area contributed by atoms with Crippen molar-refractivity contribution in [2.24, 2.45) is 0 Å². The molecule has 1 rings (SSSR count). The van der Waals surface area contributed by atoms with Crippen LogP contribution in [0.5, 0.6) is 0 Å². The monoisotopic (exact) mass is 157 g/mol. The van der Waals surface area contributed by atoms with Crippen LogP contribution in [0, 0.1) is 5.25 Å². The maximum atomic E-state index is 4.44. The molecule has 10 heavy (non-hydrogen) atoms. The summed E-state index contributed by atoms with van der Waals surface area (Å²) < 4.78 is 0. The molecule has 0 aliphatic heterocycles. The molecule has 1 aliphatic rings. The van der Waals surface area contributed by atoms with Crippen molar-refractivity contribution in [3.63, 3.8) is 0 Å². The minimum atomic E-state index is 1.27. The molecule has 1 fully saturated rings. The first-order valence-electron chi connectivity index (χ1n) is 4.43. The molecule has 1 aliphatic carbocycles. The predicted molar refractivity (Wildman–Crippen MR) is 49.2 cm³/mol. The van der Waals surface area contributed by atoms with Crippen LogP contribution in [0.15, 0.2) is 0 Å². The van der Waals surface area contributed by atoms with Gasteiger partial charge < -0.3 is 0 Å². The Hall–Kier alpha value is 0.350. The standard InChI is InChI=1S/C9H17S/c10-9-7-5-3-1-2-4-6-8-9/h10H,1-8H2. The van der Waals surface area contributed by atoms with Crippen LogP contribution in [0.4, 0.5) is 0 Å². The van der Waals surface area contributed by atoms with Crippen molar-refractivity contribution in [3.05, 3.63) is 5.25 Å². The predicted octanol–water partition coefficient (Wildman–Crippen LogP) is 3.58. The third-order valence-corrected chi connectivity index (χ3v) is 2.63. The van der Waals surface area contributed by atoms with Gasteiger partial charge in [-0.3, -0.25) is 0 Å². The Bertz CT molecular complexity index is 70.8. The quantitative estimate of drug-likeness (QED) is 0.510. The summed E-state index contributed by atoms with van der Waals surface area (Å²) in [6.45, 7) is 0. The molecule has 0 aromatic heterocycles. The third-order valence-electron chi connectivity index (χ3n) is 2.18. The Kier molecular flexibility index (Phi) is 4.27. The van der Waals surface area contributed by atoms with Crippen molar-refractivity contribution in [2.75, 3.05) is 0 Å². The highest BCUT2D eigenvalue weighted by molar-refractivity contribution is 7.83. The summed E-state index contributed by atoms with van der Waals surface area (Å²) in [4.78, 5) is 0. The molecule has 0 N–H and O–H groups in total. The summed E-state index contributed by atoms with van der Waals surface area (Å²) in [5.41, 5.74) is 0. The fourth-order valence-corrected chi connectivity index (χ4v) is 1.81. The molecule has 0 saturated heterocycles. The van der Waals surface area contributed by atoms with Crippen LogP contribution in [0.2, 0.25) is 0 Å². The van der Waals surface area contributed by atoms with Gasteiger partial charge in [0, 0.05) is 5.25 Å². The van der Waals surface area contributed by atoms with Gasteiger partial charge in [0.1, 0.15) is 0 Å². The summed E-state index contributed by atoms with van der Waals surface area (Å²) >= 11 is 4.44. The van der Waals surface area contributed by atoms with Crippen LogP contribution < -0.4 is 0 Å². The number of hydrogen-bond donors (Lipinski definition) is 1. The summed E-state index contributed by atoms with van der Waals surface area (Å²) in [7, 11) is 0. The van der Waals surface area contributed by atoms with E-state index in [0.29, 0.717) is 0 Å². The Morgan fingerprint density at radius 1 is 0.700 bits per heavy atom.